The molecule has 0 saturated heterocycles. The highest BCUT2D eigenvalue weighted by Gasteiger charge is 2.01. The lowest BCUT2D eigenvalue weighted by molar-refractivity contribution is 0.0729. The standard InChI is InChI=1S/C13H27O/c1-4-6-8-9-11-13(3)14-12-10-7-5-2/h13H,3-12H2,1-2H3. The van der Waals surface area contributed by atoms with Crippen molar-refractivity contribution < 1.29 is 4.74 Å². The van der Waals surface area contributed by atoms with Gasteiger partial charge in [0.15, 0.2) is 0 Å². The van der Waals surface area contributed by atoms with Crippen molar-refractivity contribution in [2.24, 2.45) is 0 Å². The molecule has 0 heterocycles. The fourth-order valence-corrected chi connectivity index (χ4v) is 1.48. The van der Waals surface area contributed by atoms with Crippen LogP contribution in [-0.4, -0.2) is 12.7 Å². The summed E-state index contributed by atoms with van der Waals surface area (Å²) in [5, 5.41) is 0. The molecule has 0 aromatic rings. The van der Waals surface area contributed by atoms with Crippen LogP contribution in [0.5, 0.6) is 0 Å². The number of hydrogen-bond acceptors (Lipinski definition) is 1. The van der Waals surface area contributed by atoms with E-state index in [1.807, 2.05) is 0 Å². The van der Waals surface area contributed by atoms with E-state index in [1.54, 1.807) is 0 Å². The molecule has 0 saturated carbocycles. The summed E-state index contributed by atoms with van der Waals surface area (Å²) < 4.78 is 5.61. The fourth-order valence-electron chi connectivity index (χ4n) is 1.48. The molecule has 85 valence electrons. The quantitative estimate of drug-likeness (QED) is 0.475. The Bertz CT molecular complexity index is 89.4. The molecule has 0 fully saturated rings. The van der Waals surface area contributed by atoms with E-state index in [0.29, 0.717) is 0 Å². The molecule has 1 nitrogen and oxygen atoms in total. The second-order valence-electron chi connectivity index (χ2n) is 4.05. The lowest BCUT2D eigenvalue weighted by atomic mass is 10.1. The largest absolute Gasteiger partial charge is 0.378 e. The number of unbranched alkanes of at least 4 members (excludes halogenated alkanes) is 5. The predicted octanol–water partition coefficient (Wildman–Crippen LogP) is 4.37. The van der Waals surface area contributed by atoms with Crippen LogP contribution >= 0.6 is 0 Å². The second kappa shape index (κ2) is 11.0. The van der Waals surface area contributed by atoms with Gasteiger partial charge in [0.1, 0.15) is 0 Å². The number of ether oxygens (including phenoxy) is 1. The van der Waals surface area contributed by atoms with Gasteiger partial charge in [0.25, 0.3) is 0 Å². The first-order valence-electron chi connectivity index (χ1n) is 6.26. The van der Waals surface area contributed by atoms with Gasteiger partial charge in [0.2, 0.25) is 0 Å². The average Bonchev–Trinajstić information content (AvgIpc) is 2.19. The summed E-state index contributed by atoms with van der Waals surface area (Å²) in [7, 11) is 0. The van der Waals surface area contributed by atoms with Crippen molar-refractivity contribution in [1.29, 1.82) is 0 Å². The Balaban J connectivity index is 3.07. The van der Waals surface area contributed by atoms with Crippen LogP contribution in [-0.2, 0) is 4.74 Å². The van der Waals surface area contributed by atoms with Crippen LogP contribution in [0, 0.1) is 6.92 Å². The Labute approximate surface area is 90.2 Å². The van der Waals surface area contributed by atoms with Crippen molar-refractivity contribution >= 4 is 0 Å². The van der Waals surface area contributed by atoms with E-state index >= 15 is 0 Å². The Morgan fingerprint density at radius 2 is 1.57 bits per heavy atom. The lowest BCUT2D eigenvalue weighted by Crippen LogP contribution is -2.09. The molecular weight excluding hydrogens is 172 g/mol. The maximum atomic E-state index is 5.61. The topological polar surface area (TPSA) is 9.23 Å². The zero-order chi connectivity index (χ0) is 10.6. The summed E-state index contributed by atoms with van der Waals surface area (Å²) in [6, 6.07) is 0. The van der Waals surface area contributed by atoms with Gasteiger partial charge in [-0.05, 0) is 19.8 Å². The Hall–Kier alpha value is -0.0400. The molecule has 0 aromatic carbocycles. The molecule has 0 rings (SSSR count). The van der Waals surface area contributed by atoms with Gasteiger partial charge >= 0.3 is 0 Å². The van der Waals surface area contributed by atoms with E-state index in [4.69, 9.17) is 4.74 Å². The van der Waals surface area contributed by atoms with E-state index in [2.05, 4.69) is 20.8 Å². The van der Waals surface area contributed by atoms with Crippen molar-refractivity contribution in [2.45, 2.75) is 71.3 Å². The van der Waals surface area contributed by atoms with Crippen LogP contribution in [0.2, 0.25) is 0 Å². The Morgan fingerprint density at radius 1 is 0.929 bits per heavy atom. The molecule has 0 N–H and O–H groups in total. The molecule has 0 aliphatic heterocycles. The molecular formula is C13H27O. The average molecular weight is 199 g/mol. The van der Waals surface area contributed by atoms with Crippen molar-refractivity contribution in [3.8, 4) is 0 Å². The first-order chi connectivity index (χ1) is 6.81. The molecule has 0 amide bonds. The summed E-state index contributed by atoms with van der Waals surface area (Å²) >= 11 is 0. The van der Waals surface area contributed by atoms with Gasteiger partial charge in [-0.3, -0.25) is 0 Å². The zero-order valence-electron chi connectivity index (χ0n) is 10.1. The van der Waals surface area contributed by atoms with Crippen LogP contribution < -0.4 is 0 Å². The molecule has 1 unspecified atom stereocenters. The van der Waals surface area contributed by atoms with Gasteiger partial charge in [-0.25, -0.2) is 0 Å². The minimum atomic E-state index is 0.226. The van der Waals surface area contributed by atoms with Gasteiger partial charge in [-0.1, -0.05) is 52.4 Å². The highest BCUT2D eigenvalue weighted by molar-refractivity contribution is 4.60. The third kappa shape index (κ3) is 10.0. The van der Waals surface area contributed by atoms with Crippen molar-refractivity contribution in [2.75, 3.05) is 6.61 Å². The SMILES string of the molecule is [CH2]C(CCCCCC)OCCCCC. The third-order valence-electron chi connectivity index (χ3n) is 2.48. The maximum Gasteiger partial charge on any atom is 0.0576 e. The van der Waals surface area contributed by atoms with Gasteiger partial charge in [0.05, 0.1) is 6.10 Å². The van der Waals surface area contributed by atoms with Crippen molar-refractivity contribution in [1.82, 2.24) is 0 Å². The monoisotopic (exact) mass is 199 g/mol. The smallest absolute Gasteiger partial charge is 0.0576 e. The summed E-state index contributed by atoms with van der Waals surface area (Å²) in [6.07, 6.45) is 10.4. The minimum Gasteiger partial charge on any atom is -0.378 e. The van der Waals surface area contributed by atoms with Gasteiger partial charge in [-0.2, -0.15) is 0 Å². The first kappa shape index (κ1) is 14.0. The first-order valence-corrected chi connectivity index (χ1v) is 6.26. The summed E-state index contributed by atoms with van der Waals surface area (Å²) in [5.74, 6) is 0. The van der Waals surface area contributed by atoms with Crippen molar-refractivity contribution in [3.63, 3.8) is 0 Å². The predicted molar refractivity (Wildman–Crippen MR) is 63.4 cm³/mol. The number of hydrogen-bond donors (Lipinski definition) is 0. The molecule has 14 heavy (non-hydrogen) atoms. The highest BCUT2D eigenvalue weighted by atomic mass is 16.5. The molecule has 0 aromatic heterocycles. The van der Waals surface area contributed by atoms with E-state index < -0.39 is 0 Å². The summed E-state index contributed by atoms with van der Waals surface area (Å²) in [5.41, 5.74) is 0. The summed E-state index contributed by atoms with van der Waals surface area (Å²) in [4.78, 5) is 0. The maximum absolute atomic E-state index is 5.61. The zero-order valence-corrected chi connectivity index (χ0v) is 10.1. The fraction of sp³-hybridized carbons (Fsp3) is 0.923. The van der Waals surface area contributed by atoms with Gasteiger partial charge < -0.3 is 4.74 Å². The molecule has 0 aliphatic carbocycles. The van der Waals surface area contributed by atoms with E-state index in [9.17, 15) is 0 Å². The summed E-state index contributed by atoms with van der Waals surface area (Å²) in [6.45, 7) is 9.36. The van der Waals surface area contributed by atoms with E-state index in [1.165, 1.54) is 44.9 Å². The second-order valence-corrected chi connectivity index (χ2v) is 4.05. The van der Waals surface area contributed by atoms with Crippen LogP contribution in [0.4, 0.5) is 0 Å². The number of rotatable bonds is 10. The van der Waals surface area contributed by atoms with Crippen LogP contribution in [0.25, 0.3) is 0 Å². The Kier molecular flexibility index (Phi) is 11.0. The molecule has 0 aliphatic rings. The minimum absolute atomic E-state index is 0.226. The molecule has 1 radical (unpaired) electrons. The van der Waals surface area contributed by atoms with Crippen molar-refractivity contribution in [3.05, 3.63) is 6.92 Å². The van der Waals surface area contributed by atoms with Crippen LogP contribution in [0.3, 0.4) is 0 Å². The molecule has 0 bridgehead atoms. The Morgan fingerprint density at radius 3 is 2.21 bits per heavy atom. The molecule has 1 atom stereocenters. The van der Waals surface area contributed by atoms with E-state index in [0.717, 1.165) is 13.0 Å². The normalized spacial score (nSPS) is 13.1. The van der Waals surface area contributed by atoms with Gasteiger partial charge in [0, 0.05) is 6.61 Å². The lowest BCUT2D eigenvalue weighted by Gasteiger charge is -2.12. The van der Waals surface area contributed by atoms with Gasteiger partial charge in [-0.15, -0.1) is 0 Å². The van der Waals surface area contributed by atoms with Crippen LogP contribution in [0.15, 0.2) is 0 Å². The third-order valence-corrected chi connectivity index (χ3v) is 2.48. The van der Waals surface area contributed by atoms with Crippen LogP contribution in [0.1, 0.15) is 65.2 Å². The molecule has 1 heteroatoms. The molecule has 0 spiro atoms. The highest BCUT2D eigenvalue weighted by Crippen LogP contribution is 2.08. The van der Waals surface area contributed by atoms with E-state index in [-0.39, 0.29) is 6.10 Å².